The summed E-state index contributed by atoms with van der Waals surface area (Å²) in [5.41, 5.74) is 5.56. The minimum Gasteiger partial charge on any atom is -0.497 e. The summed E-state index contributed by atoms with van der Waals surface area (Å²) < 4.78 is 11.8. The van der Waals surface area contributed by atoms with E-state index in [0.29, 0.717) is 5.92 Å². The highest BCUT2D eigenvalue weighted by molar-refractivity contribution is 5.79. The molecule has 32 heavy (non-hydrogen) atoms. The third-order valence-corrected chi connectivity index (χ3v) is 6.16. The molecule has 1 aliphatic carbocycles. The second-order valence-corrected chi connectivity index (χ2v) is 8.27. The van der Waals surface area contributed by atoms with E-state index in [0.717, 1.165) is 53.5 Å². The Morgan fingerprint density at radius 2 is 1.56 bits per heavy atom. The van der Waals surface area contributed by atoms with Crippen LogP contribution >= 0.6 is 0 Å². The Kier molecular flexibility index (Phi) is 5.89. The molecule has 0 aliphatic heterocycles. The maximum absolute atomic E-state index is 6.50. The Hall–Kier alpha value is -3.59. The van der Waals surface area contributed by atoms with Gasteiger partial charge in [-0.25, -0.2) is 4.98 Å². The molecule has 1 atom stereocenters. The minimum atomic E-state index is 0.392. The van der Waals surface area contributed by atoms with Gasteiger partial charge in [0, 0.05) is 16.7 Å². The summed E-state index contributed by atoms with van der Waals surface area (Å²) in [5.74, 6) is 2.87. The minimum absolute atomic E-state index is 0.392. The maximum atomic E-state index is 6.50. The number of allylic oxidation sites excluding steroid dienone is 2. The fourth-order valence-electron chi connectivity index (χ4n) is 4.48. The Labute approximate surface area is 189 Å². The third kappa shape index (κ3) is 4.24. The molecule has 5 rings (SSSR count). The second-order valence-electron chi connectivity index (χ2n) is 8.27. The van der Waals surface area contributed by atoms with Crippen LogP contribution in [-0.4, -0.2) is 12.1 Å². The predicted octanol–water partition coefficient (Wildman–Crippen LogP) is 7.44. The van der Waals surface area contributed by atoms with Gasteiger partial charge in [0.05, 0.1) is 7.11 Å². The van der Waals surface area contributed by atoms with Crippen molar-refractivity contribution in [2.45, 2.75) is 25.7 Å². The summed E-state index contributed by atoms with van der Waals surface area (Å²) in [6, 6.07) is 29.0. The molecule has 0 saturated heterocycles. The van der Waals surface area contributed by atoms with Gasteiger partial charge in [0.1, 0.15) is 11.4 Å². The number of oxazole rings is 1. The van der Waals surface area contributed by atoms with Crippen molar-refractivity contribution >= 4 is 5.57 Å². The molecular weight excluding hydrogens is 394 g/mol. The molecule has 0 fully saturated rings. The van der Waals surface area contributed by atoms with Crippen LogP contribution in [-0.2, 0) is 6.42 Å². The first-order valence-electron chi connectivity index (χ1n) is 11.3. The summed E-state index contributed by atoms with van der Waals surface area (Å²) in [5, 5.41) is 0. The van der Waals surface area contributed by atoms with E-state index in [2.05, 4.69) is 42.5 Å². The van der Waals surface area contributed by atoms with Crippen molar-refractivity contribution in [3.8, 4) is 28.3 Å². The van der Waals surface area contributed by atoms with Gasteiger partial charge in [-0.2, -0.15) is 0 Å². The van der Waals surface area contributed by atoms with Crippen molar-refractivity contribution in [1.82, 2.24) is 4.98 Å². The Morgan fingerprint density at radius 3 is 2.25 bits per heavy atom. The van der Waals surface area contributed by atoms with Crippen molar-refractivity contribution in [1.29, 1.82) is 0 Å². The SMILES string of the molecule is COc1ccc(CC2CCCC=C2c2nc(-c3ccccc3)c(-c3ccccc3)o2)cc1. The van der Waals surface area contributed by atoms with E-state index >= 15 is 0 Å². The molecule has 0 amide bonds. The average molecular weight is 422 g/mol. The van der Waals surface area contributed by atoms with Gasteiger partial charge in [-0.15, -0.1) is 0 Å². The zero-order valence-electron chi connectivity index (χ0n) is 18.3. The molecule has 0 bridgehead atoms. The van der Waals surface area contributed by atoms with Crippen LogP contribution in [0.15, 0.2) is 95.4 Å². The summed E-state index contributed by atoms with van der Waals surface area (Å²) in [4.78, 5) is 5.04. The van der Waals surface area contributed by atoms with Gasteiger partial charge in [0.2, 0.25) is 5.89 Å². The Bertz CT molecular complexity index is 1130. The molecule has 0 radical (unpaired) electrons. The molecular formula is C29H27NO2. The van der Waals surface area contributed by atoms with Gasteiger partial charge in [0.25, 0.3) is 0 Å². The van der Waals surface area contributed by atoms with Gasteiger partial charge >= 0.3 is 0 Å². The van der Waals surface area contributed by atoms with E-state index < -0.39 is 0 Å². The molecule has 3 heteroatoms. The Balaban J connectivity index is 1.52. The summed E-state index contributed by atoms with van der Waals surface area (Å²) in [6.07, 6.45) is 6.70. The van der Waals surface area contributed by atoms with E-state index in [1.807, 2.05) is 48.5 Å². The number of rotatable bonds is 6. The van der Waals surface area contributed by atoms with Crippen molar-refractivity contribution in [2.75, 3.05) is 7.11 Å². The molecule has 3 aromatic carbocycles. The van der Waals surface area contributed by atoms with E-state index in [1.165, 1.54) is 17.6 Å². The lowest BCUT2D eigenvalue weighted by molar-refractivity contribution is 0.414. The first kappa shape index (κ1) is 20.3. The molecule has 4 aromatic rings. The van der Waals surface area contributed by atoms with Crippen LogP contribution in [0.5, 0.6) is 5.75 Å². The molecule has 0 spiro atoms. The highest BCUT2D eigenvalue weighted by Gasteiger charge is 2.26. The van der Waals surface area contributed by atoms with Crippen LogP contribution in [0.2, 0.25) is 0 Å². The van der Waals surface area contributed by atoms with E-state index in [1.54, 1.807) is 7.11 Å². The van der Waals surface area contributed by atoms with Crippen LogP contribution in [0, 0.1) is 5.92 Å². The third-order valence-electron chi connectivity index (χ3n) is 6.16. The van der Waals surface area contributed by atoms with E-state index in [-0.39, 0.29) is 0 Å². The van der Waals surface area contributed by atoms with Crippen molar-refractivity contribution in [2.24, 2.45) is 5.92 Å². The molecule has 160 valence electrons. The number of nitrogens with zero attached hydrogens (tertiary/aromatic N) is 1. The molecule has 0 N–H and O–H groups in total. The van der Waals surface area contributed by atoms with Crippen LogP contribution in [0.3, 0.4) is 0 Å². The number of ether oxygens (including phenoxy) is 1. The summed E-state index contributed by atoms with van der Waals surface area (Å²) >= 11 is 0. The smallest absolute Gasteiger partial charge is 0.223 e. The van der Waals surface area contributed by atoms with Gasteiger partial charge in [-0.05, 0) is 49.3 Å². The number of aromatic nitrogens is 1. The zero-order chi connectivity index (χ0) is 21.8. The number of hydrogen-bond acceptors (Lipinski definition) is 3. The van der Waals surface area contributed by atoms with Crippen LogP contribution in [0.25, 0.3) is 28.2 Å². The Morgan fingerprint density at radius 1 is 0.875 bits per heavy atom. The number of methoxy groups -OCH3 is 1. The lowest BCUT2D eigenvalue weighted by Crippen LogP contribution is -2.11. The molecule has 1 heterocycles. The lowest BCUT2D eigenvalue weighted by atomic mass is 9.83. The van der Waals surface area contributed by atoms with Crippen LogP contribution < -0.4 is 4.74 Å². The van der Waals surface area contributed by atoms with Crippen LogP contribution in [0.1, 0.15) is 30.7 Å². The maximum Gasteiger partial charge on any atom is 0.223 e. The highest BCUT2D eigenvalue weighted by Crippen LogP contribution is 2.40. The lowest BCUT2D eigenvalue weighted by Gasteiger charge is -2.22. The average Bonchev–Trinajstić information content (AvgIpc) is 3.31. The summed E-state index contributed by atoms with van der Waals surface area (Å²) in [7, 11) is 1.70. The molecule has 1 aliphatic rings. The molecule has 3 nitrogen and oxygen atoms in total. The first-order valence-corrected chi connectivity index (χ1v) is 11.3. The second kappa shape index (κ2) is 9.27. The highest BCUT2D eigenvalue weighted by atomic mass is 16.5. The van der Waals surface area contributed by atoms with Crippen molar-refractivity contribution < 1.29 is 9.15 Å². The predicted molar refractivity (Wildman–Crippen MR) is 129 cm³/mol. The van der Waals surface area contributed by atoms with Crippen LogP contribution in [0.4, 0.5) is 0 Å². The van der Waals surface area contributed by atoms with Crippen molar-refractivity contribution in [3.63, 3.8) is 0 Å². The molecule has 0 saturated carbocycles. The van der Waals surface area contributed by atoms with Gasteiger partial charge in [-0.1, -0.05) is 78.9 Å². The molecule has 1 aromatic heterocycles. The topological polar surface area (TPSA) is 35.3 Å². The van der Waals surface area contributed by atoms with E-state index in [9.17, 15) is 0 Å². The normalized spacial score (nSPS) is 15.9. The van der Waals surface area contributed by atoms with Gasteiger partial charge in [-0.3, -0.25) is 0 Å². The monoisotopic (exact) mass is 421 g/mol. The van der Waals surface area contributed by atoms with Gasteiger partial charge < -0.3 is 9.15 Å². The largest absolute Gasteiger partial charge is 0.497 e. The number of hydrogen-bond donors (Lipinski definition) is 0. The standard InChI is InChI=1S/C29H27NO2/c1-31-25-18-16-21(17-19-25)20-24-14-8-9-15-26(24)29-30-27(22-10-4-2-5-11-22)28(32-29)23-12-6-3-7-13-23/h2-7,10-13,15-19,24H,8-9,14,20H2,1H3. The fraction of sp³-hybridized carbons (Fsp3) is 0.207. The quantitative estimate of drug-likeness (QED) is 0.324. The van der Waals surface area contributed by atoms with Crippen molar-refractivity contribution in [3.05, 3.63) is 102 Å². The summed E-state index contributed by atoms with van der Waals surface area (Å²) in [6.45, 7) is 0. The molecule has 1 unspecified atom stereocenters. The van der Waals surface area contributed by atoms with Gasteiger partial charge in [0.15, 0.2) is 5.76 Å². The number of benzene rings is 3. The first-order chi connectivity index (χ1) is 15.8. The van der Waals surface area contributed by atoms with E-state index in [4.69, 9.17) is 14.1 Å². The fourth-order valence-corrected chi connectivity index (χ4v) is 4.48. The zero-order valence-corrected chi connectivity index (χ0v) is 18.3.